The van der Waals surface area contributed by atoms with Crippen LogP contribution in [0.15, 0.2) is 4.99 Å². The Hall–Kier alpha value is -1.32. The van der Waals surface area contributed by atoms with Crippen LogP contribution in [0.2, 0.25) is 0 Å². The van der Waals surface area contributed by atoms with Gasteiger partial charge in [-0.2, -0.15) is 5.26 Å². The molecule has 0 aliphatic heterocycles. The molecule has 0 bridgehead atoms. The predicted octanol–water partition coefficient (Wildman–Crippen LogP) is 0.722. The van der Waals surface area contributed by atoms with Crippen molar-refractivity contribution in [1.29, 1.82) is 5.26 Å². The molecule has 6 heteroatoms. The molecule has 6 nitrogen and oxygen atoms in total. The zero-order valence-electron chi connectivity index (χ0n) is 12.8. The van der Waals surface area contributed by atoms with Crippen molar-refractivity contribution < 1.29 is 4.74 Å². The first-order valence-electron chi connectivity index (χ1n) is 6.65. The summed E-state index contributed by atoms with van der Waals surface area (Å²) in [6.45, 7) is 7.24. The topological polar surface area (TPSA) is 63.9 Å². The van der Waals surface area contributed by atoms with E-state index in [2.05, 4.69) is 15.2 Å². The summed E-state index contributed by atoms with van der Waals surface area (Å²) in [7, 11) is 5.97. The molecule has 0 unspecified atom stereocenters. The van der Waals surface area contributed by atoms with Crippen LogP contribution in [0, 0.1) is 11.5 Å². The van der Waals surface area contributed by atoms with Gasteiger partial charge in [-0.3, -0.25) is 0 Å². The zero-order valence-corrected chi connectivity index (χ0v) is 12.8. The van der Waals surface area contributed by atoms with E-state index in [1.165, 1.54) is 0 Å². The van der Waals surface area contributed by atoms with Gasteiger partial charge in [-0.05, 0) is 34.4 Å². The number of rotatable bonds is 8. The Labute approximate surface area is 117 Å². The molecule has 0 aromatic heterocycles. The van der Waals surface area contributed by atoms with Crippen LogP contribution in [-0.4, -0.2) is 69.2 Å². The summed E-state index contributed by atoms with van der Waals surface area (Å²) in [5.74, 6) is 0.619. The van der Waals surface area contributed by atoms with Gasteiger partial charge in [0.05, 0.1) is 6.10 Å². The molecule has 110 valence electrons. The number of ether oxygens (including phenoxy) is 1. The molecule has 0 atom stereocenters. The van der Waals surface area contributed by atoms with Crippen LogP contribution in [0.1, 0.15) is 20.3 Å². The first-order chi connectivity index (χ1) is 8.97. The van der Waals surface area contributed by atoms with Gasteiger partial charge in [-0.1, -0.05) is 0 Å². The van der Waals surface area contributed by atoms with E-state index in [1.54, 1.807) is 0 Å². The number of aliphatic imine (C=N–C) groups is 1. The second-order valence-corrected chi connectivity index (χ2v) is 4.96. The van der Waals surface area contributed by atoms with E-state index in [1.807, 2.05) is 46.1 Å². The monoisotopic (exact) mass is 269 g/mol. The molecule has 0 rings (SSSR count). The lowest BCUT2D eigenvalue weighted by Crippen LogP contribution is -2.42. The summed E-state index contributed by atoms with van der Waals surface area (Å²) in [5, 5.41) is 11.9. The van der Waals surface area contributed by atoms with Crippen molar-refractivity contribution in [2.24, 2.45) is 4.99 Å². The molecule has 0 amide bonds. The predicted molar refractivity (Wildman–Crippen MR) is 77.9 cm³/mol. The third-order valence-corrected chi connectivity index (χ3v) is 2.46. The highest BCUT2D eigenvalue weighted by Gasteiger charge is 2.06. The molecular weight excluding hydrogens is 242 g/mol. The summed E-state index contributed by atoms with van der Waals surface area (Å²) in [6.07, 6.45) is 2.99. The average molecular weight is 269 g/mol. The zero-order chi connectivity index (χ0) is 14.7. The highest BCUT2D eigenvalue weighted by Crippen LogP contribution is 1.91. The summed E-state index contributed by atoms with van der Waals surface area (Å²) in [4.78, 5) is 7.86. The lowest BCUT2D eigenvalue weighted by Gasteiger charge is -2.23. The molecular formula is C13H27N5O. The molecule has 0 aliphatic rings. The van der Waals surface area contributed by atoms with Crippen LogP contribution in [0.25, 0.3) is 0 Å². The van der Waals surface area contributed by atoms with Crippen LogP contribution >= 0.6 is 0 Å². The normalized spacial score (nSPS) is 11.8. The minimum Gasteiger partial charge on any atom is -0.379 e. The van der Waals surface area contributed by atoms with Crippen LogP contribution < -0.4 is 5.32 Å². The van der Waals surface area contributed by atoms with Gasteiger partial charge in [-0.25, -0.2) is 0 Å². The van der Waals surface area contributed by atoms with Gasteiger partial charge in [0.2, 0.25) is 12.2 Å². The highest BCUT2D eigenvalue weighted by molar-refractivity contribution is 5.80. The quantitative estimate of drug-likeness (QED) is 0.304. The van der Waals surface area contributed by atoms with Gasteiger partial charge in [0.25, 0.3) is 0 Å². The Morgan fingerprint density at radius 3 is 2.53 bits per heavy atom. The molecule has 0 saturated heterocycles. The Balaban J connectivity index is 3.99. The van der Waals surface area contributed by atoms with E-state index >= 15 is 0 Å². The fraction of sp³-hybridized carbons (Fsp3) is 0.846. The van der Waals surface area contributed by atoms with Gasteiger partial charge in [0.15, 0.2) is 0 Å². The van der Waals surface area contributed by atoms with Crippen molar-refractivity contribution >= 4 is 5.96 Å². The Bertz CT molecular complexity index is 296. The third kappa shape index (κ3) is 10.3. The van der Waals surface area contributed by atoms with Gasteiger partial charge < -0.3 is 19.9 Å². The summed E-state index contributed by atoms with van der Waals surface area (Å²) < 4.78 is 5.46. The molecule has 0 radical (unpaired) electrons. The molecule has 19 heavy (non-hydrogen) atoms. The van der Waals surface area contributed by atoms with Crippen molar-refractivity contribution in [3.63, 3.8) is 0 Å². The van der Waals surface area contributed by atoms with Crippen molar-refractivity contribution in [3.05, 3.63) is 0 Å². The molecule has 0 saturated carbocycles. The Morgan fingerprint density at radius 2 is 2.00 bits per heavy atom. The van der Waals surface area contributed by atoms with Crippen molar-refractivity contribution in [3.8, 4) is 6.19 Å². The van der Waals surface area contributed by atoms with Crippen LogP contribution in [-0.2, 0) is 4.74 Å². The fourth-order valence-corrected chi connectivity index (χ4v) is 1.35. The number of nitrogens with one attached hydrogen (secondary N) is 1. The number of guanidine groups is 1. The maximum atomic E-state index is 8.70. The van der Waals surface area contributed by atoms with E-state index in [0.29, 0.717) is 12.6 Å². The van der Waals surface area contributed by atoms with E-state index in [-0.39, 0.29) is 6.10 Å². The number of nitriles is 1. The third-order valence-electron chi connectivity index (χ3n) is 2.46. The van der Waals surface area contributed by atoms with E-state index in [9.17, 15) is 0 Å². The maximum absolute atomic E-state index is 8.70. The van der Waals surface area contributed by atoms with Gasteiger partial charge in [-0.15, -0.1) is 4.99 Å². The smallest absolute Gasteiger partial charge is 0.209 e. The molecule has 0 fully saturated rings. The molecule has 0 spiro atoms. The lowest BCUT2D eigenvalue weighted by atomic mass is 10.4. The SMILES string of the molecule is CC(C)OCCCN/C(=N\C#N)N(C)CCN(C)C. The molecule has 0 heterocycles. The maximum Gasteiger partial charge on any atom is 0.209 e. The second kappa shape index (κ2) is 10.6. The average Bonchev–Trinajstić information content (AvgIpc) is 2.33. The Kier molecular flexibility index (Phi) is 9.85. The number of hydrogen-bond donors (Lipinski definition) is 1. The van der Waals surface area contributed by atoms with Crippen molar-refractivity contribution in [2.45, 2.75) is 26.4 Å². The largest absolute Gasteiger partial charge is 0.379 e. The number of nitrogens with zero attached hydrogens (tertiary/aromatic N) is 4. The minimum absolute atomic E-state index is 0.259. The first-order valence-corrected chi connectivity index (χ1v) is 6.65. The van der Waals surface area contributed by atoms with Crippen molar-refractivity contribution in [2.75, 3.05) is 47.4 Å². The van der Waals surface area contributed by atoms with E-state index in [0.717, 1.165) is 26.1 Å². The molecule has 0 aromatic rings. The van der Waals surface area contributed by atoms with E-state index in [4.69, 9.17) is 10.00 Å². The van der Waals surface area contributed by atoms with Gasteiger partial charge in [0, 0.05) is 33.3 Å². The summed E-state index contributed by atoms with van der Waals surface area (Å²) >= 11 is 0. The molecule has 0 aliphatic carbocycles. The van der Waals surface area contributed by atoms with Gasteiger partial charge in [0.1, 0.15) is 0 Å². The second-order valence-electron chi connectivity index (χ2n) is 4.96. The molecule has 0 aromatic carbocycles. The van der Waals surface area contributed by atoms with Crippen LogP contribution in [0.3, 0.4) is 0 Å². The van der Waals surface area contributed by atoms with Crippen LogP contribution in [0.5, 0.6) is 0 Å². The van der Waals surface area contributed by atoms with Crippen LogP contribution in [0.4, 0.5) is 0 Å². The van der Waals surface area contributed by atoms with Crippen molar-refractivity contribution in [1.82, 2.24) is 15.1 Å². The summed E-state index contributed by atoms with van der Waals surface area (Å²) in [6, 6.07) is 0. The minimum atomic E-state index is 0.259. The number of hydrogen-bond acceptors (Lipinski definition) is 4. The Morgan fingerprint density at radius 1 is 1.32 bits per heavy atom. The summed E-state index contributed by atoms with van der Waals surface area (Å²) in [5.41, 5.74) is 0. The molecule has 1 N–H and O–H groups in total. The highest BCUT2D eigenvalue weighted by atomic mass is 16.5. The number of likely N-dealkylation sites (N-methyl/N-ethyl adjacent to an activating group) is 2. The lowest BCUT2D eigenvalue weighted by molar-refractivity contribution is 0.0776. The van der Waals surface area contributed by atoms with E-state index < -0.39 is 0 Å². The fourth-order valence-electron chi connectivity index (χ4n) is 1.35. The van der Waals surface area contributed by atoms with Gasteiger partial charge >= 0.3 is 0 Å². The standard InChI is InChI=1S/C13H27N5O/c1-12(2)19-10-6-7-15-13(16-11-14)18(5)9-8-17(3)4/h12H,6-10H2,1-5H3,(H,15,16). The first kappa shape index (κ1) is 17.7.